The quantitative estimate of drug-likeness (QED) is 0.386. The maximum Gasteiger partial charge on any atom is 0.250 e. The van der Waals surface area contributed by atoms with Crippen LogP contribution in [0.3, 0.4) is 0 Å². The van der Waals surface area contributed by atoms with Crippen LogP contribution in [0.5, 0.6) is 0 Å². The standard InChI is InChI=1S/C27H24N4O2/c1-15-25(16(2)33-30-15)20-11-22-21-6-5-19(18-7-9-29-10-8-18)13-24(21)31(14-17-3-4-17)26(22)23(12-20)27(28)32/h5-13,17H,3-4,14H2,1-2H3,(H2,28,32). The van der Waals surface area contributed by atoms with Gasteiger partial charge >= 0.3 is 0 Å². The molecule has 6 rings (SSSR count). The molecule has 0 atom stereocenters. The Kier molecular flexibility index (Phi) is 4.37. The summed E-state index contributed by atoms with van der Waals surface area (Å²) in [7, 11) is 0. The van der Waals surface area contributed by atoms with Crippen LogP contribution >= 0.6 is 0 Å². The highest BCUT2D eigenvalue weighted by Gasteiger charge is 2.26. The lowest BCUT2D eigenvalue weighted by Gasteiger charge is -2.11. The number of nitrogens with two attached hydrogens (primary N) is 1. The molecule has 33 heavy (non-hydrogen) atoms. The fourth-order valence-electron chi connectivity index (χ4n) is 4.93. The molecule has 1 fully saturated rings. The summed E-state index contributed by atoms with van der Waals surface area (Å²) in [6, 6.07) is 14.6. The first kappa shape index (κ1) is 19.7. The highest BCUT2D eigenvalue weighted by Crippen LogP contribution is 2.41. The van der Waals surface area contributed by atoms with E-state index in [1.165, 1.54) is 12.8 Å². The van der Waals surface area contributed by atoms with Crippen LogP contribution in [0.25, 0.3) is 44.1 Å². The third kappa shape index (κ3) is 3.21. The number of carbonyl (C=O) groups is 1. The van der Waals surface area contributed by atoms with E-state index >= 15 is 0 Å². The number of fused-ring (bicyclic) bond motifs is 3. The molecule has 1 saturated carbocycles. The molecule has 1 aliphatic carbocycles. The number of benzene rings is 2. The zero-order valence-electron chi connectivity index (χ0n) is 18.6. The fourth-order valence-corrected chi connectivity index (χ4v) is 4.93. The summed E-state index contributed by atoms with van der Waals surface area (Å²) in [5.74, 6) is 0.933. The van der Waals surface area contributed by atoms with E-state index < -0.39 is 5.91 Å². The van der Waals surface area contributed by atoms with E-state index in [9.17, 15) is 4.79 Å². The smallest absolute Gasteiger partial charge is 0.250 e. The topological polar surface area (TPSA) is 86.9 Å². The van der Waals surface area contributed by atoms with Gasteiger partial charge in [0.25, 0.3) is 5.91 Å². The molecule has 3 aromatic heterocycles. The molecule has 0 bridgehead atoms. The van der Waals surface area contributed by atoms with E-state index in [-0.39, 0.29) is 0 Å². The second-order valence-electron chi connectivity index (χ2n) is 9.01. The molecule has 164 valence electrons. The Morgan fingerprint density at radius 3 is 2.48 bits per heavy atom. The minimum absolute atomic E-state index is 0.428. The second kappa shape index (κ2) is 7.30. The van der Waals surface area contributed by atoms with Crippen LogP contribution in [0.4, 0.5) is 0 Å². The monoisotopic (exact) mass is 436 g/mol. The van der Waals surface area contributed by atoms with Gasteiger partial charge in [0.2, 0.25) is 0 Å². The molecule has 0 unspecified atom stereocenters. The van der Waals surface area contributed by atoms with Gasteiger partial charge in [-0.15, -0.1) is 0 Å². The summed E-state index contributed by atoms with van der Waals surface area (Å²) >= 11 is 0. The molecule has 3 heterocycles. The van der Waals surface area contributed by atoms with Gasteiger partial charge in [0.1, 0.15) is 5.76 Å². The number of hydrogen-bond donors (Lipinski definition) is 1. The van der Waals surface area contributed by atoms with Crippen LogP contribution in [0, 0.1) is 19.8 Å². The Labute approximate surface area is 191 Å². The van der Waals surface area contributed by atoms with Gasteiger partial charge in [0.05, 0.1) is 16.8 Å². The summed E-state index contributed by atoms with van der Waals surface area (Å²) in [5.41, 5.74) is 13.3. The third-order valence-electron chi connectivity index (χ3n) is 6.70. The lowest BCUT2D eigenvalue weighted by atomic mass is 9.97. The zero-order valence-corrected chi connectivity index (χ0v) is 18.6. The van der Waals surface area contributed by atoms with Crippen LogP contribution in [0.1, 0.15) is 34.7 Å². The number of hydrogen-bond acceptors (Lipinski definition) is 4. The average Bonchev–Trinajstić information content (AvgIpc) is 3.52. The number of pyridine rings is 1. The van der Waals surface area contributed by atoms with Crippen LogP contribution in [0.2, 0.25) is 0 Å². The number of aryl methyl sites for hydroxylation is 2. The molecule has 2 N–H and O–H groups in total. The van der Waals surface area contributed by atoms with Crippen LogP contribution < -0.4 is 5.73 Å². The Hall–Kier alpha value is -3.93. The van der Waals surface area contributed by atoms with Crippen LogP contribution in [-0.4, -0.2) is 20.6 Å². The Morgan fingerprint density at radius 1 is 1.03 bits per heavy atom. The molecular formula is C27H24N4O2. The number of amides is 1. The predicted octanol–water partition coefficient (Wildman–Crippen LogP) is 5.64. The molecule has 0 saturated heterocycles. The van der Waals surface area contributed by atoms with Crippen molar-refractivity contribution in [3.05, 3.63) is 71.9 Å². The summed E-state index contributed by atoms with van der Waals surface area (Å²) in [5, 5.41) is 6.24. The van der Waals surface area contributed by atoms with Crippen molar-refractivity contribution >= 4 is 27.7 Å². The van der Waals surface area contributed by atoms with Gasteiger partial charge in [-0.05, 0) is 79.6 Å². The molecule has 6 heteroatoms. The Bertz CT molecular complexity index is 1520. The molecule has 0 spiro atoms. The summed E-state index contributed by atoms with van der Waals surface area (Å²) in [6.07, 6.45) is 6.04. The molecule has 0 radical (unpaired) electrons. The van der Waals surface area contributed by atoms with Crippen molar-refractivity contribution < 1.29 is 9.32 Å². The van der Waals surface area contributed by atoms with Crippen molar-refractivity contribution in [3.63, 3.8) is 0 Å². The number of primary amides is 1. The van der Waals surface area contributed by atoms with Crippen molar-refractivity contribution in [1.29, 1.82) is 0 Å². The largest absolute Gasteiger partial charge is 0.366 e. The van der Waals surface area contributed by atoms with Crippen molar-refractivity contribution in [3.8, 4) is 22.3 Å². The van der Waals surface area contributed by atoms with Gasteiger partial charge in [-0.1, -0.05) is 17.3 Å². The minimum atomic E-state index is -0.428. The van der Waals surface area contributed by atoms with E-state index in [1.54, 1.807) is 12.4 Å². The maximum atomic E-state index is 12.7. The summed E-state index contributed by atoms with van der Waals surface area (Å²) in [6.45, 7) is 4.68. The molecule has 5 aromatic rings. The number of rotatable bonds is 5. The van der Waals surface area contributed by atoms with Gasteiger partial charge < -0.3 is 14.8 Å². The molecule has 0 aliphatic heterocycles. The number of carbonyl (C=O) groups excluding carboxylic acids is 1. The maximum absolute atomic E-state index is 12.7. The average molecular weight is 437 g/mol. The van der Waals surface area contributed by atoms with Crippen LogP contribution in [0.15, 0.2) is 59.4 Å². The van der Waals surface area contributed by atoms with E-state index in [4.69, 9.17) is 10.3 Å². The van der Waals surface area contributed by atoms with E-state index in [0.29, 0.717) is 11.5 Å². The first-order chi connectivity index (χ1) is 16.0. The lowest BCUT2D eigenvalue weighted by molar-refractivity contribution is 0.100. The van der Waals surface area contributed by atoms with Gasteiger partial charge in [0, 0.05) is 40.8 Å². The fraction of sp³-hybridized carbons (Fsp3) is 0.222. The van der Waals surface area contributed by atoms with E-state index in [0.717, 1.165) is 62.1 Å². The van der Waals surface area contributed by atoms with Crippen molar-refractivity contribution in [2.45, 2.75) is 33.2 Å². The predicted molar refractivity (Wildman–Crippen MR) is 129 cm³/mol. The number of aromatic nitrogens is 3. The summed E-state index contributed by atoms with van der Waals surface area (Å²) < 4.78 is 7.70. The van der Waals surface area contributed by atoms with Crippen LogP contribution in [-0.2, 0) is 6.54 Å². The highest BCUT2D eigenvalue weighted by atomic mass is 16.5. The first-order valence-corrected chi connectivity index (χ1v) is 11.2. The molecular weight excluding hydrogens is 412 g/mol. The van der Waals surface area contributed by atoms with Gasteiger partial charge in [-0.25, -0.2) is 0 Å². The minimum Gasteiger partial charge on any atom is -0.366 e. The third-order valence-corrected chi connectivity index (χ3v) is 6.70. The lowest BCUT2D eigenvalue weighted by Crippen LogP contribution is -2.14. The van der Waals surface area contributed by atoms with E-state index in [1.807, 2.05) is 32.0 Å². The Balaban J connectivity index is 1.69. The van der Waals surface area contributed by atoms with Gasteiger partial charge in [-0.3, -0.25) is 9.78 Å². The molecule has 2 aromatic carbocycles. The molecule has 1 amide bonds. The summed E-state index contributed by atoms with van der Waals surface area (Å²) in [4.78, 5) is 16.8. The van der Waals surface area contributed by atoms with Gasteiger partial charge in [-0.2, -0.15) is 0 Å². The Morgan fingerprint density at radius 2 is 1.82 bits per heavy atom. The van der Waals surface area contributed by atoms with Crippen molar-refractivity contribution in [2.24, 2.45) is 11.7 Å². The number of nitrogens with zero attached hydrogens (tertiary/aromatic N) is 3. The van der Waals surface area contributed by atoms with Crippen molar-refractivity contribution in [2.75, 3.05) is 0 Å². The van der Waals surface area contributed by atoms with Gasteiger partial charge in [0.15, 0.2) is 0 Å². The van der Waals surface area contributed by atoms with E-state index in [2.05, 4.69) is 39.0 Å². The molecule has 1 aliphatic rings. The first-order valence-electron chi connectivity index (χ1n) is 11.2. The second-order valence-corrected chi connectivity index (χ2v) is 9.01. The zero-order chi connectivity index (χ0) is 22.7. The SMILES string of the molecule is Cc1noc(C)c1-c1cc(C(N)=O)c2c(c1)c1ccc(-c3ccncc3)cc1n2CC1CC1. The normalized spacial score (nSPS) is 13.8. The van der Waals surface area contributed by atoms with Crippen molar-refractivity contribution in [1.82, 2.24) is 14.7 Å². The molecule has 6 nitrogen and oxygen atoms in total. The highest BCUT2D eigenvalue weighted by molar-refractivity contribution is 6.17.